The summed E-state index contributed by atoms with van der Waals surface area (Å²) in [5.74, 6) is -1.06. The Kier molecular flexibility index (Phi) is 6.25. The van der Waals surface area contributed by atoms with Gasteiger partial charge in [0, 0.05) is 0 Å². The van der Waals surface area contributed by atoms with Crippen molar-refractivity contribution in [3.63, 3.8) is 0 Å². The summed E-state index contributed by atoms with van der Waals surface area (Å²) in [6, 6.07) is 8.10. The summed E-state index contributed by atoms with van der Waals surface area (Å²) in [4.78, 5) is 11.4. The van der Waals surface area contributed by atoms with Gasteiger partial charge in [-0.25, -0.2) is 0 Å². The summed E-state index contributed by atoms with van der Waals surface area (Å²) in [5.41, 5.74) is 2.29. The lowest BCUT2D eigenvalue weighted by atomic mass is 9.85. The van der Waals surface area contributed by atoms with Gasteiger partial charge < -0.3 is 5.11 Å². The number of hydrogen-bond donors (Lipinski definition) is 1. The van der Waals surface area contributed by atoms with Gasteiger partial charge in [0.15, 0.2) is 0 Å². The highest BCUT2D eigenvalue weighted by Crippen LogP contribution is 2.27. The summed E-state index contributed by atoms with van der Waals surface area (Å²) in [6.45, 7) is 8.67. The average molecular weight is 276 g/mol. The molecule has 0 heterocycles. The van der Waals surface area contributed by atoms with Crippen LogP contribution in [0.25, 0.3) is 0 Å². The van der Waals surface area contributed by atoms with Crippen molar-refractivity contribution in [1.29, 1.82) is 0 Å². The first-order valence-corrected chi connectivity index (χ1v) is 7.69. The highest BCUT2D eigenvalue weighted by atomic mass is 16.4. The van der Waals surface area contributed by atoms with Crippen LogP contribution in [0, 0.1) is 0 Å². The molecule has 1 rings (SSSR count). The molecule has 0 radical (unpaired) electrons. The van der Waals surface area contributed by atoms with Crippen LogP contribution in [-0.2, 0) is 10.2 Å². The first-order valence-electron chi connectivity index (χ1n) is 7.69. The van der Waals surface area contributed by atoms with Gasteiger partial charge in [-0.3, -0.25) is 4.79 Å². The molecule has 1 aromatic carbocycles. The highest BCUT2D eigenvalue weighted by Gasteiger charge is 2.20. The Balaban J connectivity index is 2.74. The van der Waals surface area contributed by atoms with Crippen LogP contribution in [0.15, 0.2) is 24.3 Å². The maximum atomic E-state index is 11.4. The van der Waals surface area contributed by atoms with Crippen LogP contribution in [0.3, 0.4) is 0 Å². The third-order valence-corrected chi connectivity index (χ3v) is 3.82. The van der Waals surface area contributed by atoms with Crippen LogP contribution in [0.4, 0.5) is 0 Å². The fourth-order valence-electron chi connectivity index (χ4n) is 2.42. The third kappa shape index (κ3) is 4.99. The zero-order valence-electron chi connectivity index (χ0n) is 13.3. The van der Waals surface area contributed by atoms with E-state index in [1.165, 1.54) is 18.4 Å². The zero-order chi connectivity index (χ0) is 15.2. The van der Waals surface area contributed by atoms with Crippen molar-refractivity contribution in [2.24, 2.45) is 0 Å². The summed E-state index contributed by atoms with van der Waals surface area (Å²) < 4.78 is 0. The molecule has 0 amide bonds. The molecule has 1 atom stereocenters. The van der Waals surface area contributed by atoms with Crippen LogP contribution < -0.4 is 0 Å². The predicted molar refractivity (Wildman–Crippen MR) is 84.3 cm³/mol. The zero-order valence-corrected chi connectivity index (χ0v) is 13.3. The van der Waals surface area contributed by atoms with Crippen molar-refractivity contribution in [2.45, 2.75) is 71.1 Å². The number of unbranched alkanes of at least 4 members (excludes halogenated alkanes) is 3. The van der Waals surface area contributed by atoms with Gasteiger partial charge in [-0.2, -0.15) is 0 Å². The monoisotopic (exact) mass is 276 g/mol. The van der Waals surface area contributed by atoms with Crippen molar-refractivity contribution < 1.29 is 9.90 Å². The molecule has 0 aliphatic carbocycles. The lowest BCUT2D eigenvalue weighted by Crippen LogP contribution is -2.14. The standard InChI is InChI=1S/C18H28O2/c1-5-6-7-8-9-16(17(19)20)14-10-12-15(13-11-14)18(2,3)4/h10-13,16H,5-9H2,1-4H3,(H,19,20). The Hall–Kier alpha value is -1.31. The smallest absolute Gasteiger partial charge is 0.310 e. The van der Waals surface area contributed by atoms with E-state index in [0.717, 1.165) is 24.8 Å². The number of hydrogen-bond acceptors (Lipinski definition) is 1. The molecule has 0 saturated carbocycles. The van der Waals surface area contributed by atoms with Gasteiger partial charge >= 0.3 is 5.97 Å². The van der Waals surface area contributed by atoms with E-state index in [0.29, 0.717) is 0 Å². The van der Waals surface area contributed by atoms with E-state index in [2.05, 4.69) is 39.8 Å². The molecule has 0 bridgehead atoms. The molecule has 0 aromatic heterocycles. The summed E-state index contributed by atoms with van der Waals surface area (Å²) in [5, 5.41) is 9.41. The number of carboxylic acid groups (broad SMARTS) is 1. The molecule has 2 heteroatoms. The molecule has 0 saturated heterocycles. The van der Waals surface area contributed by atoms with Gasteiger partial charge in [0.05, 0.1) is 5.92 Å². The Morgan fingerprint density at radius 2 is 1.70 bits per heavy atom. The summed E-state index contributed by atoms with van der Waals surface area (Å²) in [6.07, 6.45) is 5.23. The highest BCUT2D eigenvalue weighted by molar-refractivity contribution is 5.76. The van der Waals surface area contributed by atoms with Crippen molar-refractivity contribution in [3.05, 3.63) is 35.4 Å². The number of rotatable bonds is 7. The van der Waals surface area contributed by atoms with E-state index < -0.39 is 5.97 Å². The van der Waals surface area contributed by atoms with Crippen LogP contribution in [0.5, 0.6) is 0 Å². The van der Waals surface area contributed by atoms with Crippen molar-refractivity contribution in [1.82, 2.24) is 0 Å². The quantitative estimate of drug-likeness (QED) is 0.701. The van der Waals surface area contributed by atoms with E-state index in [4.69, 9.17) is 0 Å². The van der Waals surface area contributed by atoms with Crippen LogP contribution >= 0.6 is 0 Å². The summed E-state index contributed by atoms with van der Waals surface area (Å²) in [7, 11) is 0. The molecule has 1 unspecified atom stereocenters. The predicted octanol–water partition coefficient (Wildman–Crippen LogP) is 5.12. The Morgan fingerprint density at radius 3 is 2.15 bits per heavy atom. The molecule has 20 heavy (non-hydrogen) atoms. The largest absolute Gasteiger partial charge is 0.481 e. The molecule has 1 N–H and O–H groups in total. The van der Waals surface area contributed by atoms with Crippen molar-refractivity contribution in [3.8, 4) is 0 Å². The lowest BCUT2D eigenvalue weighted by molar-refractivity contribution is -0.139. The number of carboxylic acids is 1. The maximum absolute atomic E-state index is 11.4. The van der Waals surface area contributed by atoms with E-state index in [9.17, 15) is 9.90 Å². The van der Waals surface area contributed by atoms with Crippen molar-refractivity contribution in [2.75, 3.05) is 0 Å². The number of aliphatic carboxylic acids is 1. The second-order valence-corrected chi connectivity index (χ2v) is 6.61. The number of benzene rings is 1. The van der Waals surface area contributed by atoms with E-state index >= 15 is 0 Å². The normalized spacial score (nSPS) is 13.2. The first kappa shape index (κ1) is 16.7. The molecule has 2 nitrogen and oxygen atoms in total. The molecule has 0 aliphatic heterocycles. The second-order valence-electron chi connectivity index (χ2n) is 6.61. The minimum atomic E-state index is -0.704. The average Bonchev–Trinajstić information content (AvgIpc) is 2.37. The fourth-order valence-corrected chi connectivity index (χ4v) is 2.42. The second kappa shape index (κ2) is 7.47. The van der Waals surface area contributed by atoms with Crippen LogP contribution in [0.2, 0.25) is 0 Å². The van der Waals surface area contributed by atoms with Crippen LogP contribution in [0.1, 0.15) is 76.8 Å². The molecular weight excluding hydrogens is 248 g/mol. The first-order chi connectivity index (χ1) is 9.36. The third-order valence-electron chi connectivity index (χ3n) is 3.82. The maximum Gasteiger partial charge on any atom is 0.310 e. The minimum Gasteiger partial charge on any atom is -0.481 e. The van der Waals surface area contributed by atoms with E-state index in [1.807, 2.05) is 12.1 Å². The fraction of sp³-hybridized carbons (Fsp3) is 0.611. The minimum absolute atomic E-state index is 0.110. The van der Waals surface area contributed by atoms with Gasteiger partial charge in [0.2, 0.25) is 0 Å². The van der Waals surface area contributed by atoms with E-state index in [-0.39, 0.29) is 11.3 Å². The van der Waals surface area contributed by atoms with Gasteiger partial charge in [-0.15, -0.1) is 0 Å². The van der Waals surface area contributed by atoms with Gasteiger partial charge in [0.1, 0.15) is 0 Å². The van der Waals surface area contributed by atoms with Gasteiger partial charge in [-0.1, -0.05) is 77.6 Å². The molecule has 0 spiro atoms. The molecule has 1 aromatic rings. The van der Waals surface area contributed by atoms with Crippen molar-refractivity contribution >= 4 is 5.97 Å². The Morgan fingerprint density at radius 1 is 1.10 bits per heavy atom. The Labute approximate surface area is 123 Å². The molecule has 112 valence electrons. The van der Waals surface area contributed by atoms with Gasteiger partial charge in [-0.05, 0) is 23.0 Å². The van der Waals surface area contributed by atoms with Gasteiger partial charge in [0.25, 0.3) is 0 Å². The summed E-state index contributed by atoms with van der Waals surface area (Å²) >= 11 is 0. The SMILES string of the molecule is CCCCCCC(C(=O)O)c1ccc(C(C)(C)C)cc1. The molecular formula is C18H28O2. The number of carbonyl (C=O) groups is 1. The molecule has 0 fully saturated rings. The lowest BCUT2D eigenvalue weighted by Gasteiger charge is -2.20. The van der Waals surface area contributed by atoms with E-state index in [1.54, 1.807) is 0 Å². The topological polar surface area (TPSA) is 37.3 Å². The Bertz CT molecular complexity index is 412. The molecule has 0 aliphatic rings. The van der Waals surface area contributed by atoms with Crippen LogP contribution in [-0.4, -0.2) is 11.1 Å².